The van der Waals surface area contributed by atoms with Crippen molar-refractivity contribution in [2.24, 2.45) is 0 Å². The van der Waals surface area contributed by atoms with E-state index in [1.807, 2.05) is 73.7 Å². The summed E-state index contributed by atoms with van der Waals surface area (Å²) in [6.45, 7) is 1.83. The molecule has 0 fully saturated rings. The molecule has 7 heteroatoms. The van der Waals surface area contributed by atoms with E-state index in [0.717, 1.165) is 27.1 Å². The molecule has 0 unspecified atom stereocenters. The van der Waals surface area contributed by atoms with Crippen LogP contribution in [0.4, 0.5) is 17.1 Å². The van der Waals surface area contributed by atoms with Crippen LogP contribution >= 0.6 is 28.1 Å². The Morgan fingerprint density at radius 3 is 2.31 bits per heavy atom. The average Bonchev–Trinajstić information content (AvgIpc) is 2.71. The highest BCUT2D eigenvalue weighted by atomic mass is 79.9. The normalized spacial score (nSPS) is 10.1. The van der Waals surface area contributed by atoms with Crippen molar-refractivity contribution in [2.75, 3.05) is 17.2 Å². The molecule has 1 amide bonds. The molecule has 148 valence electrons. The number of halogens is 1. The molecule has 0 spiro atoms. The van der Waals surface area contributed by atoms with Crippen LogP contribution in [0.15, 0.2) is 77.3 Å². The molecule has 0 aliphatic carbocycles. The lowest BCUT2D eigenvalue weighted by molar-refractivity contribution is -0.121. The van der Waals surface area contributed by atoms with Crippen LogP contribution in [-0.2, 0) is 4.79 Å². The Kier molecular flexibility index (Phi) is 7.21. The van der Waals surface area contributed by atoms with Crippen molar-refractivity contribution in [3.8, 4) is 5.75 Å². The van der Waals surface area contributed by atoms with Gasteiger partial charge in [0.2, 0.25) is 0 Å². The van der Waals surface area contributed by atoms with Crippen LogP contribution in [0.25, 0.3) is 0 Å². The van der Waals surface area contributed by atoms with Crippen molar-refractivity contribution >= 4 is 56.2 Å². The van der Waals surface area contributed by atoms with Gasteiger partial charge in [-0.05, 0) is 79.3 Å². The SMILES string of the molecule is Cc1cc(OCC(=O)NC(=S)Nc2ccc(Nc3ccccc3)cc2)ccc1Br. The third-order valence-electron chi connectivity index (χ3n) is 3.96. The molecule has 0 atom stereocenters. The van der Waals surface area contributed by atoms with Crippen LogP contribution in [0.5, 0.6) is 5.75 Å². The number of carbonyl (C=O) groups is 1. The molecule has 3 N–H and O–H groups in total. The third kappa shape index (κ3) is 6.58. The van der Waals surface area contributed by atoms with Gasteiger partial charge in [0.15, 0.2) is 11.7 Å². The standard InChI is InChI=1S/C22H20BrN3O2S/c1-15-13-19(11-12-20(15)23)28-14-21(27)26-22(29)25-18-9-7-17(8-10-18)24-16-5-3-2-4-6-16/h2-13,24H,14H2,1H3,(H2,25,26,27,29). The van der Waals surface area contributed by atoms with Gasteiger partial charge in [-0.3, -0.25) is 10.1 Å². The molecule has 29 heavy (non-hydrogen) atoms. The molecule has 0 aliphatic rings. The summed E-state index contributed by atoms with van der Waals surface area (Å²) in [5.74, 6) is 0.298. The fourth-order valence-corrected chi connectivity index (χ4v) is 2.98. The van der Waals surface area contributed by atoms with Gasteiger partial charge in [-0.15, -0.1) is 0 Å². The third-order valence-corrected chi connectivity index (χ3v) is 5.05. The van der Waals surface area contributed by atoms with Crippen molar-refractivity contribution in [2.45, 2.75) is 6.92 Å². The van der Waals surface area contributed by atoms with Gasteiger partial charge in [0.25, 0.3) is 5.91 Å². The lowest BCUT2D eigenvalue weighted by atomic mass is 10.2. The minimum atomic E-state index is -0.328. The van der Waals surface area contributed by atoms with Crippen LogP contribution in [0, 0.1) is 6.92 Å². The maximum Gasteiger partial charge on any atom is 0.264 e. The number of hydrogen-bond donors (Lipinski definition) is 3. The number of nitrogens with one attached hydrogen (secondary N) is 3. The summed E-state index contributed by atoms with van der Waals surface area (Å²) in [5.41, 5.74) is 3.77. The molecule has 0 aromatic heterocycles. The fourth-order valence-electron chi connectivity index (χ4n) is 2.51. The Balaban J connectivity index is 1.45. The zero-order valence-electron chi connectivity index (χ0n) is 15.7. The number of rotatable bonds is 6. The van der Waals surface area contributed by atoms with Gasteiger partial charge in [-0.1, -0.05) is 34.1 Å². The van der Waals surface area contributed by atoms with E-state index in [0.29, 0.717) is 5.75 Å². The number of aryl methyl sites for hydroxylation is 1. The minimum Gasteiger partial charge on any atom is -0.484 e. The minimum absolute atomic E-state index is 0.122. The first-order valence-electron chi connectivity index (χ1n) is 8.91. The van der Waals surface area contributed by atoms with Crippen LogP contribution in [-0.4, -0.2) is 17.6 Å². The summed E-state index contributed by atoms with van der Waals surface area (Å²) in [6.07, 6.45) is 0. The van der Waals surface area contributed by atoms with E-state index in [1.54, 1.807) is 6.07 Å². The molecule has 5 nitrogen and oxygen atoms in total. The lowest BCUT2D eigenvalue weighted by Gasteiger charge is -2.12. The highest BCUT2D eigenvalue weighted by Crippen LogP contribution is 2.21. The molecule has 3 aromatic carbocycles. The summed E-state index contributed by atoms with van der Waals surface area (Å²) in [6, 6.07) is 23.1. The first-order valence-corrected chi connectivity index (χ1v) is 10.1. The lowest BCUT2D eigenvalue weighted by Crippen LogP contribution is -2.37. The Morgan fingerprint density at radius 1 is 0.966 bits per heavy atom. The maximum atomic E-state index is 12.0. The predicted octanol–water partition coefficient (Wildman–Crippen LogP) is 5.39. The molecule has 0 heterocycles. The molecule has 3 aromatic rings. The van der Waals surface area contributed by atoms with Gasteiger partial charge in [0.1, 0.15) is 5.75 Å². The number of ether oxygens (including phenoxy) is 1. The van der Waals surface area contributed by atoms with Crippen molar-refractivity contribution in [1.82, 2.24) is 5.32 Å². The highest BCUT2D eigenvalue weighted by molar-refractivity contribution is 9.10. The van der Waals surface area contributed by atoms with Crippen LogP contribution in [0.1, 0.15) is 5.56 Å². The van der Waals surface area contributed by atoms with Gasteiger partial charge in [0, 0.05) is 21.5 Å². The van der Waals surface area contributed by atoms with E-state index in [2.05, 4.69) is 31.9 Å². The maximum absolute atomic E-state index is 12.0. The number of hydrogen-bond acceptors (Lipinski definition) is 4. The Morgan fingerprint density at radius 2 is 1.62 bits per heavy atom. The number of amides is 1. The van der Waals surface area contributed by atoms with Crippen molar-refractivity contribution < 1.29 is 9.53 Å². The molecule has 0 saturated carbocycles. The van der Waals surface area contributed by atoms with Crippen molar-refractivity contribution in [1.29, 1.82) is 0 Å². The second kappa shape index (κ2) is 10.0. The number of para-hydroxylation sites is 1. The highest BCUT2D eigenvalue weighted by Gasteiger charge is 2.07. The van der Waals surface area contributed by atoms with Crippen molar-refractivity contribution in [3.63, 3.8) is 0 Å². The first-order chi connectivity index (χ1) is 14.0. The second-order valence-corrected chi connectivity index (χ2v) is 7.53. The number of benzene rings is 3. The van der Waals surface area contributed by atoms with Crippen LogP contribution in [0.3, 0.4) is 0 Å². The summed E-state index contributed by atoms with van der Waals surface area (Å²) in [5, 5.41) is 9.12. The topological polar surface area (TPSA) is 62.4 Å². The van der Waals surface area contributed by atoms with Gasteiger partial charge in [-0.25, -0.2) is 0 Å². The largest absolute Gasteiger partial charge is 0.484 e. The Hall–Kier alpha value is -2.90. The zero-order chi connectivity index (χ0) is 20.6. The van der Waals surface area contributed by atoms with Crippen molar-refractivity contribution in [3.05, 3.63) is 82.8 Å². The van der Waals surface area contributed by atoms with Gasteiger partial charge >= 0.3 is 0 Å². The second-order valence-electron chi connectivity index (χ2n) is 6.27. The Bertz CT molecular complexity index is 995. The average molecular weight is 470 g/mol. The molecule has 3 rings (SSSR count). The van der Waals surface area contributed by atoms with E-state index < -0.39 is 0 Å². The predicted molar refractivity (Wildman–Crippen MR) is 125 cm³/mol. The Labute approximate surface area is 183 Å². The smallest absolute Gasteiger partial charge is 0.264 e. The summed E-state index contributed by atoms with van der Waals surface area (Å²) >= 11 is 8.63. The van der Waals surface area contributed by atoms with Gasteiger partial charge < -0.3 is 15.4 Å². The molecule has 0 aliphatic heterocycles. The number of carbonyl (C=O) groups excluding carboxylic acids is 1. The van der Waals surface area contributed by atoms with Gasteiger partial charge in [0.05, 0.1) is 0 Å². The summed E-state index contributed by atoms with van der Waals surface area (Å²) < 4.78 is 6.49. The molecular formula is C22H20BrN3O2S. The summed E-state index contributed by atoms with van der Waals surface area (Å²) in [7, 11) is 0. The number of anilines is 3. The quantitative estimate of drug-likeness (QED) is 0.422. The van der Waals surface area contributed by atoms with Crippen LogP contribution in [0.2, 0.25) is 0 Å². The molecular weight excluding hydrogens is 450 g/mol. The van der Waals surface area contributed by atoms with E-state index in [4.69, 9.17) is 17.0 Å². The van der Waals surface area contributed by atoms with E-state index in [-0.39, 0.29) is 17.6 Å². The summed E-state index contributed by atoms with van der Waals surface area (Å²) in [4.78, 5) is 12.0. The monoisotopic (exact) mass is 469 g/mol. The van der Waals surface area contributed by atoms with Crippen LogP contribution < -0.4 is 20.7 Å². The van der Waals surface area contributed by atoms with Gasteiger partial charge in [-0.2, -0.15) is 0 Å². The van der Waals surface area contributed by atoms with E-state index >= 15 is 0 Å². The molecule has 0 saturated heterocycles. The molecule has 0 bridgehead atoms. The van der Waals surface area contributed by atoms with E-state index in [9.17, 15) is 4.79 Å². The number of thiocarbonyl (C=S) groups is 1. The fraction of sp³-hybridized carbons (Fsp3) is 0.0909. The van der Waals surface area contributed by atoms with E-state index in [1.165, 1.54) is 0 Å². The zero-order valence-corrected chi connectivity index (χ0v) is 18.1. The first kappa shape index (κ1) is 20.8. The molecule has 0 radical (unpaired) electrons.